The highest BCUT2D eigenvalue weighted by Crippen LogP contribution is 2.33. The zero-order valence-electron chi connectivity index (χ0n) is 11.8. The third-order valence-electron chi connectivity index (χ3n) is 4.07. The Morgan fingerprint density at radius 2 is 2.19 bits per heavy atom. The van der Waals surface area contributed by atoms with Gasteiger partial charge >= 0.3 is 0 Å². The number of nitrogens with zero attached hydrogens (tertiary/aromatic N) is 3. The van der Waals surface area contributed by atoms with E-state index in [0.717, 1.165) is 38.4 Å². The lowest BCUT2D eigenvalue weighted by Gasteiger charge is -2.19. The Bertz CT molecular complexity index is 640. The van der Waals surface area contributed by atoms with Crippen LogP contribution in [0.25, 0.3) is 0 Å². The van der Waals surface area contributed by atoms with Crippen LogP contribution in [0.15, 0.2) is 36.5 Å². The van der Waals surface area contributed by atoms with E-state index in [4.69, 9.17) is 4.74 Å². The first-order valence-corrected chi connectivity index (χ1v) is 7.43. The van der Waals surface area contributed by atoms with Gasteiger partial charge in [0.2, 0.25) is 5.95 Å². The van der Waals surface area contributed by atoms with E-state index in [1.165, 1.54) is 11.3 Å². The molecule has 0 saturated carbocycles. The second-order valence-corrected chi connectivity index (χ2v) is 5.47. The lowest BCUT2D eigenvalue weighted by Crippen LogP contribution is -2.22. The molecule has 21 heavy (non-hydrogen) atoms. The minimum absolute atomic E-state index is 0.325. The molecule has 0 unspecified atom stereocenters. The van der Waals surface area contributed by atoms with Crippen molar-refractivity contribution in [3.8, 4) is 0 Å². The molecule has 0 radical (unpaired) electrons. The summed E-state index contributed by atoms with van der Waals surface area (Å²) in [7, 11) is 0. The van der Waals surface area contributed by atoms with Crippen LogP contribution in [0, 0.1) is 0 Å². The summed E-state index contributed by atoms with van der Waals surface area (Å²) in [6.45, 7) is 2.53. The Labute approximate surface area is 124 Å². The van der Waals surface area contributed by atoms with Gasteiger partial charge in [0.15, 0.2) is 0 Å². The van der Waals surface area contributed by atoms with Gasteiger partial charge in [-0.15, -0.1) is 0 Å². The predicted octanol–water partition coefficient (Wildman–Crippen LogP) is 2.37. The highest BCUT2D eigenvalue weighted by Gasteiger charge is 2.22. The van der Waals surface area contributed by atoms with Gasteiger partial charge in [-0.3, -0.25) is 0 Å². The lowest BCUT2D eigenvalue weighted by atomic mass is 10.2. The van der Waals surface area contributed by atoms with Crippen molar-refractivity contribution >= 4 is 17.5 Å². The topological polar surface area (TPSA) is 50.3 Å². The van der Waals surface area contributed by atoms with E-state index in [1.807, 2.05) is 12.3 Å². The summed E-state index contributed by atoms with van der Waals surface area (Å²) in [4.78, 5) is 11.2. The van der Waals surface area contributed by atoms with Gasteiger partial charge in [0, 0.05) is 25.0 Å². The summed E-state index contributed by atoms with van der Waals surface area (Å²) in [5, 5.41) is 3.35. The van der Waals surface area contributed by atoms with Crippen molar-refractivity contribution in [3.05, 3.63) is 42.1 Å². The molecule has 1 N–H and O–H groups in total. The molecule has 3 heterocycles. The Kier molecular flexibility index (Phi) is 3.20. The average molecular weight is 282 g/mol. The van der Waals surface area contributed by atoms with Gasteiger partial charge in [0.05, 0.1) is 12.6 Å². The van der Waals surface area contributed by atoms with Crippen LogP contribution < -0.4 is 10.2 Å². The monoisotopic (exact) mass is 282 g/mol. The van der Waals surface area contributed by atoms with Crippen molar-refractivity contribution in [1.82, 2.24) is 9.97 Å². The molecule has 0 amide bonds. The zero-order valence-corrected chi connectivity index (χ0v) is 11.8. The van der Waals surface area contributed by atoms with Gasteiger partial charge in [0.25, 0.3) is 0 Å². The number of hydrogen-bond acceptors (Lipinski definition) is 5. The number of ether oxygens (including phenoxy) is 1. The molecule has 4 rings (SSSR count). The minimum Gasteiger partial charge on any atom is -0.379 e. The molecule has 108 valence electrons. The number of benzene rings is 1. The van der Waals surface area contributed by atoms with Gasteiger partial charge < -0.3 is 15.0 Å². The molecule has 5 heteroatoms. The van der Waals surface area contributed by atoms with Crippen LogP contribution in [0.1, 0.15) is 12.0 Å². The van der Waals surface area contributed by atoms with Gasteiger partial charge in [0.1, 0.15) is 5.82 Å². The van der Waals surface area contributed by atoms with E-state index in [0.29, 0.717) is 12.0 Å². The van der Waals surface area contributed by atoms with Crippen molar-refractivity contribution in [2.45, 2.75) is 18.9 Å². The number of fused-ring (bicyclic) bond motifs is 1. The number of hydrogen-bond donors (Lipinski definition) is 1. The molecule has 2 aliphatic heterocycles. The van der Waals surface area contributed by atoms with Crippen LogP contribution in [0.2, 0.25) is 0 Å². The molecular weight excluding hydrogens is 264 g/mol. The number of aromatic nitrogens is 2. The Balaban J connectivity index is 1.58. The fourth-order valence-electron chi connectivity index (χ4n) is 2.98. The van der Waals surface area contributed by atoms with Crippen LogP contribution in [-0.2, 0) is 11.2 Å². The third kappa shape index (κ3) is 2.45. The molecule has 0 spiro atoms. The van der Waals surface area contributed by atoms with Crippen molar-refractivity contribution < 1.29 is 4.74 Å². The van der Waals surface area contributed by atoms with E-state index in [-0.39, 0.29) is 0 Å². The second kappa shape index (κ2) is 5.33. The first kappa shape index (κ1) is 12.6. The third-order valence-corrected chi connectivity index (χ3v) is 4.07. The second-order valence-electron chi connectivity index (χ2n) is 5.47. The Hall–Kier alpha value is -2.14. The van der Waals surface area contributed by atoms with Gasteiger partial charge in [-0.1, -0.05) is 18.2 Å². The smallest absolute Gasteiger partial charge is 0.224 e. The number of para-hydroxylation sites is 1. The number of anilines is 3. The fourth-order valence-corrected chi connectivity index (χ4v) is 2.98. The van der Waals surface area contributed by atoms with Gasteiger partial charge in [-0.25, -0.2) is 4.98 Å². The molecule has 0 aliphatic carbocycles. The molecular formula is C16H18N4O. The average Bonchev–Trinajstić information content (AvgIpc) is 3.16. The SMILES string of the molecule is c1ccc2c(c1)CCN2c1ccnc(N[C@@H]2CCOC2)n1. The summed E-state index contributed by atoms with van der Waals surface area (Å²) >= 11 is 0. The molecule has 1 aromatic carbocycles. The van der Waals surface area contributed by atoms with Crippen LogP contribution in [0.5, 0.6) is 0 Å². The van der Waals surface area contributed by atoms with E-state index >= 15 is 0 Å². The molecule has 1 saturated heterocycles. The summed E-state index contributed by atoms with van der Waals surface area (Å²) in [6.07, 6.45) is 3.90. The highest BCUT2D eigenvalue weighted by atomic mass is 16.5. The fraction of sp³-hybridized carbons (Fsp3) is 0.375. The predicted molar refractivity (Wildman–Crippen MR) is 82.0 cm³/mol. The van der Waals surface area contributed by atoms with Crippen LogP contribution in [-0.4, -0.2) is 35.8 Å². The normalized spacial score (nSPS) is 20.6. The number of nitrogens with one attached hydrogen (secondary N) is 1. The van der Waals surface area contributed by atoms with Gasteiger partial charge in [-0.05, 0) is 30.5 Å². The van der Waals surface area contributed by atoms with Gasteiger partial charge in [-0.2, -0.15) is 4.98 Å². The molecule has 0 bridgehead atoms. The molecule has 2 aromatic rings. The Morgan fingerprint density at radius 3 is 3.10 bits per heavy atom. The van der Waals surface area contributed by atoms with Crippen LogP contribution >= 0.6 is 0 Å². The van der Waals surface area contributed by atoms with Crippen molar-refractivity contribution in [2.75, 3.05) is 30.0 Å². The lowest BCUT2D eigenvalue weighted by molar-refractivity contribution is 0.195. The minimum atomic E-state index is 0.325. The zero-order chi connectivity index (χ0) is 14.1. The van der Waals surface area contributed by atoms with Crippen molar-refractivity contribution in [3.63, 3.8) is 0 Å². The van der Waals surface area contributed by atoms with Crippen molar-refractivity contribution in [1.29, 1.82) is 0 Å². The molecule has 2 aliphatic rings. The highest BCUT2D eigenvalue weighted by molar-refractivity contribution is 5.67. The van der Waals surface area contributed by atoms with Crippen LogP contribution in [0.4, 0.5) is 17.5 Å². The molecule has 5 nitrogen and oxygen atoms in total. The first-order chi connectivity index (χ1) is 10.4. The summed E-state index contributed by atoms with van der Waals surface area (Å²) in [6, 6.07) is 10.8. The van der Waals surface area contributed by atoms with E-state index in [1.54, 1.807) is 0 Å². The summed E-state index contributed by atoms with van der Waals surface area (Å²) in [5.74, 6) is 1.64. The van der Waals surface area contributed by atoms with Crippen molar-refractivity contribution in [2.24, 2.45) is 0 Å². The molecule has 1 fully saturated rings. The molecule has 1 atom stereocenters. The maximum atomic E-state index is 5.38. The van der Waals surface area contributed by atoms with E-state index in [9.17, 15) is 0 Å². The first-order valence-electron chi connectivity index (χ1n) is 7.43. The maximum absolute atomic E-state index is 5.38. The Morgan fingerprint density at radius 1 is 1.24 bits per heavy atom. The van der Waals surface area contributed by atoms with E-state index < -0.39 is 0 Å². The number of rotatable bonds is 3. The quantitative estimate of drug-likeness (QED) is 0.936. The largest absolute Gasteiger partial charge is 0.379 e. The molecule has 1 aromatic heterocycles. The summed E-state index contributed by atoms with van der Waals surface area (Å²) < 4.78 is 5.38. The summed E-state index contributed by atoms with van der Waals surface area (Å²) in [5.41, 5.74) is 2.64. The standard InChI is InChI=1S/C16H18N4O/c1-2-4-14-12(3-1)6-9-20(14)15-5-8-17-16(19-15)18-13-7-10-21-11-13/h1-5,8,13H,6-7,9-11H2,(H,17,18,19)/t13-/m1/s1. The maximum Gasteiger partial charge on any atom is 0.224 e. The van der Waals surface area contributed by atoms with Crippen LogP contribution in [0.3, 0.4) is 0 Å². The van der Waals surface area contributed by atoms with E-state index in [2.05, 4.69) is 44.5 Å².